The van der Waals surface area contributed by atoms with Gasteiger partial charge in [0.05, 0.1) is 0 Å². The second-order valence-corrected chi connectivity index (χ2v) is 22.4. The monoisotopic (exact) mass is 482 g/mol. The van der Waals surface area contributed by atoms with Crippen molar-refractivity contribution in [1.82, 2.24) is 0 Å². The summed E-state index contributed by atoms with van der Waals surface area (Å²) in [4.78, 5) is 0. The van der Waals surface area contributed by atoms with Gasteiger partial charge in [-0.15, -0.1) is 0 Å². The molecule has 0 fully saturated rings. The van der Waals surface area contributed by atoms with Gasteiger partial charge in [-0.05, 0) is 0 Å². The Bertz CT molecular complexity index is 394. The molecule has 0 aromatic carbocycles. The zero-order valence-electron chi connectivity index (χ0n) is 20.9. The van der Waals surface area contributed by atoms with Gasteiger partial charge in [-0.2, -0.15) is 0 Å². The van der Waals surface area contributed by atoms with Gasteiger partial charge in [0, 0.05) is 0 Å². The van der Waals surface area contributed by atoms with Gasteiger partial charge in [-0.1, -0.05) is 0 Å². The zero-order chi connectivity index (χ0) is 22.1. The van der Waals surface area contributed by atoms with E-state index in [4.69, 9.17) is 10.9 Å². The van der Waals surface area contributed by atoms with E-state index in [1.807, 2.05) is 0 Å². The average molecular weight is 484 g/mol. The van der Waals surface area contributed by atoms with Crippen molar-refractivity contribution in [3.05, 3.63) is 0 Å². The van der Waals surface area contributed by atoms with Crippen molar-refractivity contribution in [3.8, 4) is 0 Å². The molecule has 0 radical (unpaired) electrons. The van der Waals surface area contributed by atoms with Crippen molar-refractivity contribution in [2.24, 2.45) is 0 Å². The van der Waals surface area contributed by atoms with Crippen LogP contribution in [0.3, 0.4) is 0 Å². The normalized spacial score (nSPS) is 15.3. The van der Waals surface area contributed by atoms with E-state index < -0.39 is 47.1 Å². The maximum atomic E-state index is 7.22. The van der Waals surface area contributed by atoms with E-state index >= 15 is 0 Å². The van der Waals surface area contributed by atoms with E-state index in [-0.39, 0.29) is 0 Å². The molecule has 0 aromatic rings. The summed E-state index contributed by atoms with van der Waals surface area (Å²) < 4.78 is 27.2. The van der Waals surface area contributed by atoms with E-state index in [2.05, 4.69) is 104 Å². The summed E-state index contributed by atoms with van der Waals surface area (Å²) in [5, 5.41) is 0. The molecule has 0 saturated heterocycles. The molecule has 27 heavy (non-hydrogen) atoms. The fraction of sp³-hybridized carbons (Fsp3) is 1.00. The summed E-state index contributed by atoms with van der Waals surface area (Å²) in [6.07, 6.45) is 0. The summed E-state index contributed by atoms with van der Waals surface area (Å²) in [6, 6.07) is 0. The third-order valence-corrected chi connectivity index (χ3v) is 21.1. The van der Waals surface area contributed by atoms with Crippen LogP contribution in [0.2, 0.25) is 16.6 Å². The van der Waals surface area contributed by atoms with Crippen molar-refractivity contribution in [2.75, 3.05) is 0 Å². The number of hydrogen-bond donors (Lipinski definition) is 0. The molecule has 0 aliphatic heterocycles. The molecule has 0 spiro atoms. The van der Waals surface area contributed by atoms with Gasteiger partial charge in [0.15, 0.2) is 0 Å². The molecule has 0 heterocycles. The molecular weight excluding hydrogens is 436 g/mol. The summed E-state index contributed by atoms with van der Waals surface area (Å²) in [5.41, 5.74) is 0.0883. The molecule has 0 aromatic heterocycles. The first-order chi connectivity index (χ1) is 11.7. The van der Waals surface area contributed by atoms with Crippen LogP contribution in [0.15, 0.2) is 0 Å². The zero-order valence-corrected chi connectivity index (χ0v) is 24.3. The molecule has 164 valence electrons. The fourth-order valence-corrected chi connectivity index (χ4v) is 24.3. The van der Waals surface area contributed by atoms with E-state index in [0.29, 0.717) is 16.6 Å². The second-order valence-electron chi connectivity index (χ2n) is 11.6. The van der Waals surface area contributed by atoms with Crippen LogP contribution in [0.5, 0.6) is 0 Å². The minimum atomic E-state index is -4.44. The Balaban J connectivity index is 6.56. The Kier molecular flexibility index (Phi) is 9.72. The summed E-state index contributed by atoms with van der Waals surface area (Å²) in [7, 11) is -2.24. The Hall–Kier alpha value is 0.940. The Morgan fingerprint density at radius 2 is 0.741 bits per heavy atom. The van der Waals surface area contributed by atoms with Crippen molar-refractivity contribution < 1.29 is 33.0 Å². The Morgan fingerprint density at radius 3 is 0.889 bits per heavy atom. The Morgan fingerprint density at radius 1 is 0.519 bits per heavy atom. The average Bonchev–Trinajstić information content (AvgIpc) is 2.27. The van der Waals surface area contributed by atoms with Gasteiger partial charge in [0.1, 0.15) is 0 Å². The van der Waals surface area contributed by atoms with Gasteiger partial charge >= 0.3 is 179 Å². The van der Waals surface area contributed by atoms with Crippen molar-refractivity contribution >= 4 is 8.32 Å². The minimum absolute atomic E-state index is 0.405. The molecule has 4 nitrogen and oxygen atoms in total. The van der Waals surface area contributed by atoms with Crippen molar-refractivity contribution in [3.63, 3.8) is 0 Å². The van der Waals surface area contributed by atoms with Crippen LogP contribution in [0, 0.1) is 0 Å². The fourth-order valence-electron chi connectivity index (χ4n) is 3.82. The van der Waals surface area contributed by atoms with Gasteiger partial charge in [-0.3, -0.25) is 0 Å². The van der Waals surface area contributed by atoms with E-state index in [1.54, 1.807) is 0 Å². The summed E-state index contributed by atoms with van der Waals surface area (Å²) in [5.74, 6) is 0. The first-order valence-corrected chi connectivity index (χ1v) is 16.6. The molecule has 0 aliphatic rings. The quantitative estimate of drug-likeness (QED) is 0.336. The Labute approximate surface area is 178 Å². The van der Waals surface area contributed by atoms with Crippen LogP contribution >= 0.6 is 0 Å². The molecule has 0 aliphatic carbocycles. The van der Waals surface area contributed by atoms with Gasteiger partial charge in [0.2, 0.25) is 0 Å². The van der Waals surface area contributed by atoms with Crippen molar-refractivity contribution in [1.29, 1.82) is 0 Å². The van der Waals surface area contributed by atoms with Crippen LogP contribution in [0.4, 0.5) is 0 Å². The first-order valence-electron chi connectivity index (χ1n) is 10.5. The van der Waals surface area contributed by atoms with Gasteiger partial charge in [-0.25, -0.2) is 0 Å². The summed E-state index contributed by atoms with van der Waals surface area (Å²) in [6.45, 7) is 32.2. The predicted molar refractivity (Wildman–Crippen MR) is 115 cm³/mol. The van der Waals surface area contributed by atoms with Crippen LogP contribution in [-0.4, -0.2) is 25.1 Å². The van der Waals surface area contributed by atoms with E-state index in [0.717, 1.165) is 0 Å². The van der Waals surface area contributed by atoms with E-state index in [1.165, 1.54) is 0 Å². The van der Waals surface area contributed by atoms with E-state index in [9.17, 15) is 0 Å². The molecule has 0 atom stereocenters. The standard InChI is InChI=1S/C9H21OSi.3C4H9O.Zr/c1-7(2)11(10,8(3)4)9(5)6;3*1-4(2,3)5;/h7-9H,1-6H3;3*1-3H3;/q4*-1;+4. The first kappa shape index (κ1) is 27.9. The van der Waals surface area contributed by atoms with Crippen LogP contribution in [0.1, 0.15) is 104 Å². The second kappa shape index (κ2) is 9.39. The molecule has 0 unspecified atom stereocenters. The number of rotatable bonds is 8. The van der Waals surface area contributed by atoms with Gasteiger partial charge < -0.3 is 0 Å². The molecule has 0 bridgehead atoms. The third kappa shape index (κ3) is 9.09. The molecular formula is C21H48O4SiZr. The van der Waals surface area contributed by atoms with Crippen LogP contribution < -0.4 is 0 Å². The number of hydrogen-bond acceptors (Lipinski definition) is 4. The van der Waals surface area contributed by atoms with Gasteiger partial charge in [0.25, 0.3) is 0 Å². The van der Waals surface area contributed by atoms with Crippen molar-refractivity contribution in [2.45, 2.75) is 137 Å². The maximum absolute atomic E-state index is 7.22. The molecule has 0 saturated carbocycles. The predicted octanol–water partition coefficient (Wildman–Crippen LogP) is 7.44. The molecule has 6 heteroatoms. The van der Waals surface area contributed by atoms with Crippen LogP contribution in [-0.2, 0) is 33.0 Å². The third-order valence-electron chi connectivity index (χ3n) is 4.30. The summed E-state index contributed by atoms with van der Waals surface area (Å²) >= 11 is -4.44. The molecule has 0 N–H and O–H groups in total. The molecule has 0 amide bonds. The SMILES string of the molecule is CC(C)[Si]([O][Zr]([O]C(C)(C)C)([O]C(C)(C)C)[O]C(C)(C)C)(C(C)C)C(C)C. The molecule has 0 rings (SSSR count). The van der Waals surface area contributed by atoms with Crippen LogP contribution in [0.25, 0.3) is 0 Å². The topological polar surface area (TPSA) is 36.9 Å².